The summed E-state index contributed by atoms with van der Waals surface area (Å²) in [5, 5.41) is 5.68. The molecular formula is C20H28N4O4. The van der Waals surface area contributed by atoms with Crippen molar-refractivity contribution >= 4 is 29.1 Å². The molecule has 1 aliphatic heterocycles. The first kappa shape index (κ1) is 20.1. The van der Waals surface area contributed by atoms with Crippen molar-refractivity contribution < 1.29 is 19.1 Å². The minimum atomic E-state index is -0.469. The lowest BCUT2D eigenvalue weighted by molar-refractivity contribution is -0.118. The molecule has 1 saturated heterocycles. The van der Waals surface area contributed by atoms with E-state index < -0.39 is 5.91 Å². The standard InChI is InChI=1S/C20H28N4O4/c1-12-10-28-11-13(2)24(12)17-6-5-15(19(26)22-8-7-18(21)25)9-16(17)23-20(27)14-3-4-14/h5-6,9,12-14H,3-4,7-8,10-11H2,1-2H3,(H2,21,25)(H,22,26)(H,23,27). The van der Waals surface area contributed by atoms with Crippen LogP contribution < -0.4 is 21.3 Å². The van der Waals surface area contributed by atoms with Crippen molar-refractivity contribution in [1.82, 2.24) is 5.32 Å². The van der Waals surface area contributed by atoms with Crippen LogP contribution in [-0.2, 0) is 14.3 Å². The van der Waals surface area contributed by atoms with Crippen LogP contribution in [0.1, 0.15) is 43.5 Å². The highest BCUT2D eigenvalue weighted by molar-refractivity contribution is 6.01. The lowest BCUT2D eigenvalue weighted by atomic mass is 10.1. The second-order valence-electron chi connectivity index (χ2n) is 7.61. The van der Waals surface area contributed by atoms with Crippen molar-refractivity contribution in [2.45, 2.75) is 45.2 Å². The van der Waals surface area contributed by atoms with E-state index in [1.54, 1.807) is 12.1 Å². The van der Waals surface area contributed by atoms with Gasteiger partial charge in [-0.25, -0.2) is 0 Å². The van der Waals surface area contributed by atoms with Gasteiger partial charge in [-0.1, -0.05) is 0 Å². The summed E-state index contributed by atoms with van der Waals surface area (Å²) in [7, 11) is 0. The Kier molecular flexibility index (Phi) is 6.18. The average Bonchev–Trinajstić information content (AvgIpc) is 3.47. The maximum absolute atomic E-state index is 12.4. The van der Waals surface area contributed by atoms with E-state index >= 15 is 0 Å². The van der Waals surface area contributed by atoms with Crippen LogP contribution in [0.15, 0.2) is 18.2 Å². The lowest BCUT2D eigenvalue weighted by Crippen LogP contribution is -2.50. The first-order valence-electron chi connectivity index (χ1n) is 9.74. The Morgan fingerprint density at radius 3 is 2.46 bits per heavy atom. The van der Waals surface area contributed by atoms with Crippen LogP contribution in [0.25, 0.3) is 0 Å². The summed E-state index contributed by atoms with van der Waals surface area (Å²) in [6.45, 7) is 5.54. The number of primary amides is 1. The average molecular weight is 388 g/mol. The molecule has 8 heteroatoms. The fourth-order valence-electron chi connectivity index (χ4n) is 3.46. The van der Waals surface area contributed by atoms with Gasteiger partial charge in [0.15, 0.2) is 0 Å². The van der Waals surface area contributed by atoms with E-state index in [2.05, 4.69) is 29.4 Å². The highest BCUT2D eigenvalue weighted by Gasteiger charge is 2.32. The van der Waals surface area contributed by atoms with Gasteiger partial charge in [-0.2, -0.15) is 0 Å². The van der Waals surface area contributed by atoms with E-state index in [9.17, 15) is 14.4 Å². The van der Waals surface area contributed by atoms with Gasteiger partial charge in [-0.15, -0.1) is 0 Å². The minimum Gasteiger partial charge on any atom is -0.377 e. The number of hydrogen-bond acceptors (Lipinski definition) is 5. The predicted octanol–water partition coefficient (Wildman–Crippen LogP) is 1.25. The number of morpholine rings is 1. The normalized spacial score (nSPS) is 21.9. The van der Waals surface area contributed by atoms with Crippen molar-refractivity contribution in [2.75, 3.05) is 30.0 Å². The summed E-state index contributed by atoms with van der Waals surface area (Å²) < 4.78 is 5.61. The number of carbonyl (C=O) groups excluding carboxylic acids is 3. The molecule has 0 bridgehead atoms. The monoisotopic (exact) mass is 388 g/mol. The van der Waals surface area contributed by atoms with E-state index in [0.717, 1.165) is 18.5 Å². The fraction of sp³-hybridized carbons (Fsp3) is 0.550. The molecule has 1 aromatic rings. The number of nitrogens with two attached hydrogens (primary N) is 1. The van der Waals surface area contributed by atoms with E-state index in [1.165, 1.54) is 0 Å². The van der Waals surface area contributed by atoms with Crippen LogP contribution in [0, 0.1) is 5.92 Å². The van der Waals surface area contributed by atoms with Crippen LogP contribution in [0.5, 0.6) is 0 Å². The quantitative estimate of drug-likeness (QED) is 0.651. The van der Waals surface area contributed by atoms with Gasteiger partial charge >= 0.3 is 0 Å². The smallest absolute Gasteiger partial charge is 0.251 e. The van der Waals surface area contributed by atoms with E-state index in [0.29, 0.717) is 24.5 Å². The van der Waals surface area contributed by atoms with Crippen molar-refractivity contribution in [3.8, 4) is 0 Å². The van der Waals surface area contributed by atoms with Crippen LogP contribution in [0.2, 0.25) is 0 Å². The molecule has 2 unspecified atom stereocenters. The molecule has 1 heterocycles. The van der Waals surface area contributed by atoms with Gasteiger partial charge in [0.1, 0.15) is 0 Å². The third-order valence-electron chi connectivity index (χ3n) is 5.07. The number of carbonyl (C=O) groups is 3. The SMILES string of the molecule is CC1COCC(C)N1c1ccc(C(=O)NCCC(N)=O)cc1NC(=O)C1CC1. The molecule has 8 nitrogen and oxygen atoms in total. The zero-order valence-corrected chi connectivity index (χ0v) is 16.4. The zero-order valence-electron chi connectivity index (χ0n) is 16.4. The zero-order chi connectivity index (χ0) is 20.3. The van der Waals surface area contributed by atoms with Crippen molar-refractivity contribution in [3.05, 3.63) is 23.8 Å². The third-order valence-corrected chi connectivity index (χ3v) is 5.07. The molecule has 2 atom stereocenters. The molecule has 1 saturated carbocycles. The van der Waals surface area contributed by atoms with Gasteiger partial charge < -0.3 is 26.0 Å². The Morgan fingerprint density at radius 1 is 1.18 bits per heavy atom. The van der Waals surface area contributed by atoms with Crippen LogP contribution in [0.4, 0.5) is 11.4 Å². The summed E-state index contributed by atoms with van der Waals surface area (Å²) in [6, 6.07) is 5.59. The van der Waals surface area contributed by atoms with Crippen molar-refractivity contribution in [3.63, 3.8) is 0 Å². The van der Waals surface area contributed by atoms with Gasteiger partial charge in [0, 0.05) is 36.5 Å². The second kappa shape index (κ2) is 8.60. The van der Waals surface area contributed by atoms with Crippen molar-refractivity contribution in [1.29, 1.82) is 0 Å². The molecule has 2 fully saturated rings. The maximum atomic E-state index is 12.4. The number of benzene rings is 1. The molecule has 28 heavy (non-hydrogen) atoms. The summed E-state index contributed by atoms with van der Waals surface area (Å²) in [6.07, 6.45) is 1.88. The lowest BCUT2D eigenvalue weighted by Gasteiger charge is -2.41. The largest absolute Gasteiger partial charge is 0.377 e. The molecular weight excluding hydrogens is 360 g/mol. The molecule has 1 aromatic carbocycles. The van der Waals surface area contributed by atoms with Crippen LogP contribution in [-0.4, -0.2) is 49.6 Å². The van der Waals surface area contributed by atoms with Gasteiger partial charge in [0.05, 0.1) is 24.6 Å². The van der Waals surface area contributed by atoms with Crippen LogP contribution >= 0.6 is 0 Å². The Hall–Kier alpha value is -2.61. The van der Waals surface area contributed by atoms with Gasteiger partial charge in [-0.05, 0) is 44.9 Å². The fourth-order valence-corrected chi connectivity index (χ4v) is 3.46. The minimum absolute atomic E-state index is 0.0129. The molecule has 1 aliphatic carbocycles. The number of hydrogen-bond donors (Lipinski definition) is 3. The molecule has 0 aromatic heterocycles. The van der Waals surface area contributed by atoms with Gasteiger partial charge in [0.25, 0.3) is 5.91 Å². The Labute approximate surface area is 164 Å². The van der Waals surface area contributed by atoms with E-state index in [-0.39, 0.29) is 42.8 Å². The van der Waals surface area contributed by atoms with Crippen LogP contribution in [0.3, 0.4) is 0 Å². The number of nitrogens with one attached hydrogen (secondary N) is 2. The van der Waals surface area contributed by atoms with Crippen molar-refractivity contribution in [2.24, 2.45) is 11.7 Å². The highest BCUT2D eigenvalue weighted by atomic mass is 16.5. The Bertz CT molecular complexity index is 753. The third kappa shape index (κ3) is 4.81. The Morgan fingerprint density at radius 2 is 1.86 bits per heavy atom. The Balaban J connectivity index is 1.85. The molecule has 0 radical (unpaired) electrons. The number of ether oxygens (including phenoxy) is 1. The second-order valence-corrected chi connectivity index (χ2v) is 7.61. The molecule has 4 N–H and O–H groups in total. The van der Waals surface area contributed by atoms with E-state index in [1.807, 2.05) is 6.07 Å². The molecule has 0 spiro atoms. The van der Waals surface area contributed by atoms with E-state index in [4.69, 9.17) is 10.5 Å². The topological polar surface area (TPSA) is 114 Å². The summed E-state index contributed by atoms with van der Waals surface area (Å²) in [4.78, 5) is 37.9. The molecule has 3 rings (SSSR count). The van der Waals surface area contributed by atoms with Gasteiger partial charge in [-0.3, -0.25) is 14.4 Å². The molecule has 2 aliphatic rings. The number of anilines is 2. The number of nitrogens with zero attached hydrogens (tertiary/aromatic N) is 1. The predicted molar refractivity (Wildman–Crippen MR) is 106 cm³/mol. The summed E-state index contributed by atoms with van der Waals surface area (Å²) in [5.41, 5.74) is 7.04. The maximum Gasteiger partial charge on any atom is 0.251 e. The first-order valence-corrected chi connectivity index (χ1v) is 9.74. The summed E-state index contributed by atoms with van der Waals surface area (Å²) in [5.74, 6) is -0.734. The molecule has 3 amide bonds. The summed E-state index contributed by atoms with van der Waals surface area (Å²) >= 11 is 0. The highest BCUT2D eigenvalue weighted by Crippen LogP contribution is 2.35. The number of amides is 3. The molecule has 152 valence electrons. The first-order chi connectivity index (χ1) is 13.4. The van der Waals surface area contributed by atoms with Gasteiger partial charge in [0.2, 0.25) is 11.8 Å². The number of rotatable bonds is 7.